The maximum Gasteiger partial charge on any atom is 0.270 e. The molecule has 0 bridgehead atoms. The zero-order valence-electron chi connectivity index (χ0n) is 19.8. The Morgan fingerprint density at radius 3 is 2.67 bits per heavy atom. The summed E-state index contributed by atoms with van der Waals surface area (Å²) < 4.78 is 6.26. The van der Waals surface area contributed by atoms with Crippen LogP contribution in [0.3, 0.4) is 0 Å². The summed E-state index contributed by atoms with van der Waals surface area (Å²) in [4.78, 5) is 24.4. The Bertz CT molecular complexity index is 1610. The number of hydrogen-bond acceptors (Lipinski definition) is 5. The Hall–Kier alpha value is -3.90. The normalized spacial score (nSPS) is 18.5. The van der Waals surface area contributed by atoms with Crippen molar-refractivity contribution in [2.24, 2.45) is 5.41 Å². The van der Waals surface area contributed by atoms with Crippen LogP contribution in [0, 0.1) is 15.5 Å². The van der Waals surface area contributed by atoms with Gasteiger partial charge in [-0.1, -0.05) is 55.8 Å². The molecule has 0 radical (unpaired) electrons. The topological polar surface area (TPSA) is 85.4 Å². The lowest BCUT2D eigenvalue weighted by Crippen LogP contribution is -2.32. The molecule has 2 heterocycles. The fourth-order valence-electron chi connectivity index (χ4n) is 5.53. The Labute approximate surface area is 212 Å². The average molecular weight is 499 g/mol. The van der Waals surface area contributed by atoms with Crippen molar-refractivity contribution in [1.82, 2.24) is 0 Å². The van der Waals surface area contributed by atoms with Crippen LogP contribution >= 0.6 is 11.6 Å². The first-order valence-corrected chi connectivity index (χ1v) is 12.2. The van der Waals surface area contributed by atoms with E-state index in [1.807, 2.05) is 24.3 Å². The molecular weight excluding hydrogens is 476 g/mol. The highest BCUT2D eigenvalue weighted by molar-refractivity contribution is 6.33. The smallest absolute Gasteiger partial charge is 0.270 e. The number of nitrogens with one attached hydrogen (secondary N) is 1. The van der Waals surface area contributed by atoms with E-state index in [2.05, 4.69) is 37.4 Å². The number of carbonyl (C=O) groups excluding carboxylic acids is 1. The van der Waals surface area contributed by atoms with Gasteiger partial charge >= 0.3 is 0 Å². The number of non-ortho nitro benzene ring substituents is 1. The Balaban J connectivity index is 1.51. The van der Waals surface area contributed by atoms with E-state index in [0.29, 0.717) is 28.5 Å². The van der Waals surface area contributed by atoms with Crippen LogP contribution in [-0.4, -0.2) is 10.7 Å². The van der Waals surface area contributed by atoms with Crippen LogP contribution < -0.4 is 5.32 Å². The lowest BCUT2D eigenvalue weighted by atomic mass is 9.68. The zero-order chi connectivity index (χ0) is 25.2. The first-order chi connectivity index (χ1) is 17.2. The number of furan rings is 1. The number of Topliss-reactive ketones (excluding diaryl/α,β-unsaturated/α-hetero) is 1. The van der Waals surface area contributed by atoms with Crippen molar-refractivity contribution in [3.8, 4) is 11.3 Å². The third-order valence-electron chi connectivity index (χ3n) is 7.07. The van der Waals surface area contributed by atoms with Crippen LogP contribution in [0.4, 0.5) is 11.4 Å². The molecule has 2 aliphatic rings. The van der Waals surface area contributed by atoms with E-state index in [1.54, 1.807) is 6.07 Å². The number of hydrogen-bond donors (Lipinski definition) is 1. The van der Waals surface area contributed by atoms with Crippen molar-refractivity contribution in [2.45, 2.75) is 32.7 Å². The molecule has 0 saturated heterocycles. The number of nitro benzene ring substituents is 1. The van der Waals surface area contributed by atoms with Gasteiger partial charge in [-0.2, -0.15) is 0 Å². The summed E-state index contributed by atoms with van der Waals surface area (Å²) in [6.07, 6.45) is 1.22. The number of rotatable bonds is 3. The second kappa shape index (κ2) is 8.07. The maximum absolute atomic E-state index is 13.6. The zero-order valence-corrected chi connectivity index (χ0v) is 20.6. The van der Waals surface area contributed by atoms with Gasteiger partial charge in [0.1, 0.15) is 17.6 Å². The van der Waals surface area contributed by atoms with Gasteiger partial charge in [-0.15, -0.1) is 0 Å². The molecule has 7 heteroatoms. The van der Waals surface area contributed by atoms with Crippen LogP contribution in [0.5, 0.6) is 0 Å². The number of allylic oxidation sites excluding steroid dienone is 1. The third kappa shape index (κ3) is 3.60. The standard InChI is InChI=1S/C29H23ClN2O4/c1-29(2)14-20-27(23(33)15-29)26-18-6-4-3-5-16(18)7-10-22(26)31-28(20)25-12-11-24(36-25)19-13-17(32(34)35)8-9-21(19)30/h3-13,28,31H,14-15H2,1-2H3/t28-/m1/s1. The number of halogens is 1. The van der Waals surface area contributed by atoms with Gasteiger partial charge in [0.05, 0.1) is 9.95 Å². The molecule has 6 rings (SSSR count). The Morgan fingerprint density at radius 2 is 1.86 bits per heavy atom. The summed E-state index contributed by atoms with van der Waals surface area (Å²) in [5.74, 6) is 1.21. The molecule has 0 fully saturated rings. The van der Waals surface area contributed by atoms with Gasteiger partial charge in [0.25, 0.3) is 5.69 Å². The van der Waals surface area contributed by atoms with Crippen LogP contribution in [0.1, 0.15) is 44.1 Å². The van der Waals surface area contributed by atoms with Gasteiger partial charge in [0, 0.05) is 40.9 Å². The molecule has 0 amide bonds. The molecule has 0 spiro atoms. The van der Waals surface area contributed by atoms with E-state index in [1.165, 1.54) is 18.2 Å². The van der Waals surface area contributed by atoms with Crippen molar-refractivity contribution in [2.75, 3.05) is 5.32 Å². The molecule has 0 unspecified atom stereocenters. The van der Waals surface area contributed by atoms with E-state index >= 15 is 0 Å². The number of fused-ring (bicyclic) bond motifs is 4. The summed E-state index contributed by atoms with van der Waals surface area (Å²) in [5, 5.41) is 17.4. The molecule has 1 N–H and O–H groups in total. The van der Waals surface area contributed by atoms with Gasteiger partial charge in [-0.05, 0) is 52.4 Å². The summed E-state index contributed by atoms with van der Waals surface area (Å²) in [7, 11) is 0. The number of nitro groups is 1. The molecule has 3 aromatic carbocycles. The largest absolute Gasteiger partial charge is 0.458 e. The minimum atomic E-state index is -0.458. The highest BCUT2D eigenvalue weighted by Crippen LogP contribution is 2.52. The molecule has 180 valence electrons. The molecule has 1 aromatic heterocycles. The third-order valence-corrected chi connectivity index (χ3v) is 7.40. The molecule has 4 aromatic rings. The monoisotopic (exact) mass is 498 g/mol. The van der Waals surface area contributed by atoms with Gasteiger partial charge in [-0.3, -0.25) is 14.9 Å². The first-order valence-electron chi connectivity index (χ1n) is 11.8. The minimum Gasteiger partial charge on any atom is -0.458 e. The lowest BCUT2D eigenvalue weighted by molar-refractivity contribution is -0.384. The Kier molecular flexibility index (Phi) is 5.05. The Morgan fingerprint density at radius 1 is 1.06 bits per heavy atom. The molecule has 0 saturated carbocycles. The quantitative estimate of drug-likeness (QED) is 0.228. The number of nitrogens with zero attached hydrogens (tertiary/aromatic N) is 1. The van der Waals surface area contributed by atoms with Gasteiger partial charge < -0.3 is 9.73 Å². The van der Waals surface area contributed by atoms with E-state index < -0.39 is 4.92 Å². The lowest BCUT2D eigenvalue weighted by Gasteiger charge is -2.39. The van der Waals surface area contributed by atoms with Gasteiger partial charge in [0.2, 0.25) is 0 Å². The summed E-state index contributed by atoms with van der Waals surface area (Å²) in [6, 6.07) is 19.7. The molecule has 6 nitrogen and oxygen atoms in total. The summed E-state index contributed by atoms with van der Waals surface area (Å²) in [6.45, 7) is 4.22. The van der Waals surface area contributed by atoms with Crippen molar-refractivity contribution in [3.63, 3.8) is 0 Å². The number of benzene rings is 3. The van der Waals surface area contributed by atoms with Crippen molar-refractivity contribution in [1.29, 1.82) is 0 Å². The van der Waals surface area contributed by atoms with Crippen molar-refractivity contribution in [3.05, 3.63) is 98.8 Å². The summed E-state index contributed by atoms with van der Waals surface area (Å²) >= 11 is 6.37. The SMILES string of the molecule is CC1(C)CC(=O)C2=C(C1)[C@H](c1ccc(-c3cc([N+](=O)[O-])ccc3Cl)o1)Nc1ccc3ccccc3c12. The van der Waals surface area contributed by atoms with E-state index in [0.717, 1.165) is 39.6 Å². The molecular formula is C29H23ClN2O4. The van der Waals surface area contributed by atoms with Crippen LogP contribution in [-0.2, 0) is 4.79 Å². The van der Waals surface area contributed by atoms with Crippen LogP contribution in [0.15, 0.2) is 76.7 Å². The maximum atomic E-state index is 13.6. The van der Waals surface area contributed by atoms with E-state index in [9.17, 15) is 14.9 Å². The minimum absolute atomic E-state index is 0.0615. The fraction of sp³-hybridized carbons (Fsp3) is 0.207. The van der Waals surface area contributed by atoms with Crippen LogP contribution in [0.25, 0.3) is 27.7 Å². The molecule has 1 aliphatic heterocycles. The average Bonchev–Trinajstić information content (AvgIpc) is 3.32. The first kappa shape index (κ1) is 22.6. The highest BCUT2D eigenvalue weighted by Gasteiger charge is 2.41. The van der Waals surface area contributed by atoms with Crippen molar-refractivity contribution >= 4 is 45.1 Å². The second-order valence-corrected chi connectivity index (χ2v) is 10.7. The molecule has 36 heavy (non-hydrogen) atoms. The van der Waals surface area contributed by atoms with Crippen LogP contribution in [0.2, 0.25) is 5.02 Å². The predicted octanol–water partition coefficient (Wildman–Crippen LogP) is 7.97. The highest BCUT2D eigenvalue weighted by atomic mass is 35.5. The van der Waals surface area contributed by atoms with E-state index in [-0.39, 0.29) is 22.9 Å². The summed E-state index contributed by atoms with van der Waals surface area (Å²) in [5.41, 5.74) is 3.83. The van der Waals surface area contributed by atoms with Gasteiger partial charge in [0.15, 0.2) is 5.78 Å². The molecule has 1 aliphatic carbocycles. The predicted molar refractivity (Wildman–Crippen MR) is 141 cm³/mol. The number of ketones is 1. The molecule has 1 atom stereocenters. The van der Waals surface area contributed by atoms with E-state index in [4.69, 9.17) is 16.0 Å². The number of anilines is 1. The van der Waals surface area contributed by atoms with Gasteiger partial charge in [-0.25, -0.2) is 0 Å². The second-order valence-electron chi connectivity index (χ2n) is 10.3. The van der Waals surface area contributed by atoms with Crippen molar-refractivity contribution < 1.29 is 14.1 Å². The number of carbonyl (C=O) groups is 1. The fourth-order valence-corrected chi connectivity index (χ4v) is 5.74.